The second-order valence-electron chi connectivity index (χ2n) is 8.24. The van der Waals surface area contributed by atoms with Gasteiger partial charge in [0.1, 0.15) is 37.1 Å². The number of nitrogens with one attached hydrogen (secondary N) is 3. The van der Waals surface area contributed by atoms with Crippen molar-refractivity contribution in [3.05, 3.63) is 24.3 Å². The number of aliphatic hydroxyl groups excluding tert-OH is 1. The monoisotopic (exact) mass is 572 g/mol. The van der Waals surface area contributed by atoms with E-state index in [0.29, 0.717) is 23.8 Å². The van der Waals surface area contributed by atoms with Crippen LogP contribution in [-0.2, 0) is 28.7 Å². The fourth-order valence-corrected chi connectivity index (χ4v) is 3.83. The van der Waals surface area contributed by atoms with Crippen molar-refractivity contribution in [3.8, 4) is 5.75 Å². The third kappa shape index (κ3) is 15.6. The molecule has 1 rings (SSSR count). The number of aliphatic hydroxyl groups is 1. The molecule has 0 aromatic heterocycles. The number of amides is 3. The maximum Gasteiger partial charge on any atom is 0.322 e. The number of rotatable bonds is 20. The standard InChI is InChI=1S/C24H36N4O10S/c1-2-37-12-16(29)13-38-17-5-3-15(4-6-17)27-21(31)9-10-39-14-19(23(34)26-11-22(32)33)28-20(30)8-7-18(25)24(35)36/h3-6,16,18-19,29H,2,7-14,25H2,1H3,(H,26,34)(H,27,31)(H,28,30)(H,32,33)(H,35,36). The van der Waals surface area contributed by atoms with Gasteiger partial charge in [-0.3, -0.25) is 24.0 Å². The van der Waals surface area contributed by atoms with Gasteiger partial charge in [-0.25, -0.2) is 0 Å². The summed E-state index contributed by atoms with van der Waals surface area (Å²) in [5.41, 5.74) is 5.91. The number of hydrogen-bond acceptors (Lipinski definition) is 10. The van der Waals surface area contributed by atoms with Gasteiger partial charge in [-0.1, -0.05) is 0 Å². The molecular weight excluding hydrogens is 536 g/mol. The first-order valence-electron chi connectivity index (χ1n) is 12.1. The predicted octanol–water partition coefficient (Wildman–Crippen LogP) is -0.598. The van der Waals surface area contributed by atoms with E-state index in [4.69, 9.17) is 25.4 Å². The summed E-state index contributed by atoms with van der Waals surface area (Å²) >= 11 is 1.19. The molecule has 15 heteroatoms. The first-order chi connectivity index (χ1) is 18.5. The Morgan fingerprint density at radius 1 is 1.03 bits per heavy atom. The molecule has 0 heterocycles. The molecule has 14 nitrogen and oxygen atoms in total. The van der Waals surface area contributed by atoms with Crippen LogP contribution < -0.4 is 26.4 Å². The van der Waals surface area contributed by atoms with E-state index in [2.05, 4.69) is 16.0 Å². The van der Waals surface area contributed by atoms with Crippen molar-refractivity contribution in [3.63, 3.8) is 0 Å². The van der Waals surface area contributed by atoms with Crippen LogP contribution in [0.2, 0.25) is 0 Å². The molecule has 3 amide bonds. The number of hydrogen-bond donors (Lipinski definition) is 7. The predicted molar refractivity (Wildman–Crippen MR) is 142 cm³/mol. The lowest BCUT2D eigenvalue weighted by Crippen LogP contribution is -2.49. The van der Waals surface area contributed by atoms with Crippen molar-refractivity contribution in [1.29, 1.82) is 0 Å². The van der Waals surface area contributed by atoms with E-state index in [1.165, 1.54) is 11.8 Å². The molecule has 1 aromatic rings. The second kappa shape index (κ2) is 18.8. The summed E-state index contributed by atoms with van der Waals surface area (Å²) in [5.74, 6) is -3.28. The van der Waals surface area contributed by atoms with Gasteiger partial charge < -0.3 is 46.5 Å². The van der Waals surface area contributed by atoms with Gasteiger partial charge in [-0.2, -0.15) is 11.8 Å². The highest BCUT2D eigenvalue weighted by atomic mass is 32.2. The molecule has 0 aliphatic rings. The van der Waals surface area contributed by atoms with Crippen molar-refractivity contribution >= 4 is 47.1 Å². The summed E-state index contributed by atoms with van der Waals surface area (Å²) in [6.45, 7) is 1.92. The Hall–Kier alpha value is -3.40. The average Bonchev–Trinajstić information content (AvgIpc) is 2.90. The fraction of sp³-hybridized carbons (Fsp3) is 0.542. The Morgan fingerprint density at radius 2 is 1.72 bits per heavy atom. The zero-order chi connectivity index (χ0) is 29.2. The molecule has 0 saturated carbocycles. The van der Waals surface area contributed by atoms with Gasteiger partial charge in [0.25, 0.3) is 0 Å². The minimum atomic E-state index is -1.26. The first kappa shape index (κ1) is 33.6. The molecule has 0 aliphatic heterocycles. The molecule has 3 unspecified atom stereocenters. The molecule has 3 atom stereocenters. The van der Waals surface area contributed by atoms with Crippen LogP contribution in [0.15, 0.2) is 24.3 Å². The van der Waals surface area contributed by atoms with Crippen LogP contribution in [0.1, 0.15) is 26.2 Å². The lowest BCUT2D eigenvalue weighted by atomic mass is 10.1. The zero-order valence-corrected chi connectivity index (χ0v) is 22.4. The Labute approximate surface area is 230 Å². The number of carbonyl (C=O) groups excluding carboxylic acids is 3. The normalized spacial score (nSPS) is 13.0. The van der Waals surface area contributed by atoms with Crippen molar-refractivity contribution in [2.24, 2.45) is 5.73 Å². The Kier molecular flexibility index (Phi) is 16.2. The minimum absolute atomic E-state index is 0.0522. The number of nitrogens with two attached hydrogens (primary N) is 1. The lowest BCUT2D eigenvalue weighted by Gasteiger charge is -2.18. The topological polar surface area (TPSA) is 227 Å². The molecule has 0 spiro atoms. The van der Waals surface area contributed by atoms with Gasteiger partial charge in [0, 0.05) is 36.6 Å². The van der Waals surface area contributed by atoms with Gasteiger partial charge >= 0.3 is 11.9 Å². The quantitative estimate of drug-likeness (QED) is 0.0972. The van der Waals surface area contributed by atoms with Gasteiger partial charge in [0.2, 0.25) is 17.7 Å². The first-order valence-corrected chi connectivity index (χ1v) is 13.3. The zero-order valence-electron chi connectivity index (χ0n) is 21.6. The largest absolute Gasteiger partial charge is 0.491 e. The molecule has 0 radical (unpaired) electrons. The van der Waals surface area contributed by atoms with E-state index in [9.17, 15) is 29.1 Å². The second-order valence-corrected chi connectivity index (χ2v) is 9.39. The Morgan fingerprint density at radius 3 is 2.33 bits per heavy atom. The van der Waals surface area contributed by atoms with E-state index in [-0.39, 0.29) is 44.1 Å². The lowest BCUT2D eigenvalue weighted by molar-refractivity contribution is -0.139. The van der Waals surface area contributed by atoms with Crippen molar-refractivity contribution in [2.45, 2.75) is 44.4 Å². The molecule has 8 N–H and O–H groups in total. The van der Waals surface area contributed by atoms with Crippen LogP contribution in [0.25, 0.3) is 0 Å². The smallest absolute Gasteiger partial charge is 0.322 e. The molecule has 0 fully saturated rings. The van der Waals surface area contributed by atoms with E-state index in [0.717, 1.165) is 0 Å². The SMILES string of the molecule is CCOCC(O)COc1ccc(NC(=O)CCSCC(NC(=O)CCC(N)C(=O)O)C(=O)NCC(=O)O)cc1. The third-order valence-electron chi connectivity index (χ3n) is 4.92. The van der Waals surface area contributed by atoms with Crippen LogP contribution >= 0.6 is 11.8 Å². The Balaban J connectivity index is 2.48. The summed E-state index contributed by atoms with van der Waals surface area (Å²) in [6, 6.07) is 4.25. The Bertz CT molecular complexity index is 947. The van der Waals surface area contributed by atoms with Gasteiger partial charge in [0.15, 0.2) is 0 Å². The van der Waals surface area contributed by atoms with Crippen molar-refractivity contribution in [2.75, 3.05) is 43.2 Å². The highest BCUT2D eigenvalue weighted by Gasteiger charge is 2.22. The summed E-state index contributed by atoms with van der Waals surface area (Å²) < 4.78 is 10.6. The molecule has 218 valence electrons. The van der Waals surface area contributed by atoms with Crippen molar-refractivity contribution < 1.29 is 48.8 Å². The minimum Gasteiger partial charge on any atom is -0.491 e. The molecule has 0 bridgehead atoms. The number of anilines is 1. The van der Waals surface area contributed by atoms with Crippen LogP contribution in [0.4, 0.5) is 5.69 Å². The maximum atomic E-state index is 12.3. The van der Waals surface area contributed by atoms with Crippen LogP contribution in [0.3, 0.4) is 0 Å². The number of benzene rings is 1. The van der Waals surface area contributed by atoms with Gasteiger partial charge in [-0.15, -0.1) is 0 Å². The highest BCUT2D eigenvalue weighted by molar-refractivity contribution is 7.99. The van der Waals surface area contributed by atoms with Crippen molar-refractivity contribution in [1.82, 2.24) is 10.6 Å². The maximum absolute atomic E-state index is 12.3. The third-order valence-corrected chi connectivity index (χ3v) is 5.98. The van der Waals surface area contributed by atoms with E-state index in [1.807, 2.05) is 6.92 Å². The molecule has 1 aromatic carbocycles. The van der Waals surface area contributed by atoms with Crippen LogP contribution in [0, 0.1) is 0 Å². The van der Waals surface area contributed by atoms with Gasteiger partial charge in [-0.05, 0) is 37.6 Å². The number of aliphatic carboxylic acids is 2. The number of carboxylic acid groups (broad SMARTS) is 2. The highest BCUT2D eigenvalue weighted by Crippen LogP contribution is 2.16. The molecule has 0 aliphatic carbocycles. The summed E-state index contributed by atoms with van der Waals surface area (Å²) in [7, 11) is 0. The molecular formula is C24H36N4O10S. The van der Waals surface area contributed by atoms with E-state index in [1.54, 1.807) is 24.3 Å². The van der Waals surface area contributed by atoms with E-state index >= 15 is 0 Å². The van der Waals surface area contributed by atoms with Crippen LogP contribution in [-0.4, -0.2) is 101 Å². The number of ether oxygens (including phenoxy) is 2. The summed E-state index contributed by atoms with van der Waals surface area (Å²) in [6.07, 6.45) is -1.03. The molecule has 39 heavy (non-hydrogen) atoms. The number of thioether (sulfide) groups is 1. The fourth-order valence-electron chi connectivity index (χ4n) is 2.86. The van der Waals surface area contributed by atoms with E-state index < -0.39 is 48.5 Å². The number of carboxylic acids is 2. The number of carbonyl (C=O) groups is 5. The van der Waals surface area contributed by atoms with Crippen LogP contribution in [0.5, 0.6) is 5.75 Å². The summed E-state index contributed by atoms with van der Waals surface area (Å²) in [4.78, 5) is 58.3. The molecule has 0 saturated heterocycles. The summed E-state index contributed by atoms with van der Waals surface area (Å²) in [5, 5.41) is 34.7. The van der Waals surface area contributed by atoms with Gasteiger partial charge in [0.05, 0.1) is 6.61 Å². The average molecular weight is 573 g/mol.